The highest BCUT2D eigenvalue weighted by Gasteiger charge is 2.28. The quantitative estimate of drug-likeness (QED) is 0.682. The molecule has 1 N–H and O–H groups in total. The van der Waals surface area contributed by atoms with Gasteiger partial charge < -0.3 is 15.1 Å². The van der Waals surface area contributed by atoms with Gasteiger partial charge in [0.15, 0.2) is 0 Å². The average Bonchev–Trinajstić information content (AvgIpc) is 2.68. The summed E-state index contributed by atoms with van der Waals surface area (Å²) in [6, 6.07) is 15.0. The Labute approximate surface area is 181 Å². The van der Waals surface area contributed by atoms with Crippen LogP contribution >= 0.6 is 15.9 Å². The summed E-state index contributed by atoms with van der Waals surface area (Å²) in [5, 5.41) is 2.92. The molecule has 0 aromatic heterocycles. The van der Waals surface area contributed by atoms with E-state index >= 15 is 0 Å². The molecular formula is C23H28BrN3O2. The number of likely N-dealkylation sites (tertiary alicyclic amines) is 1. The van der Waals surface area contributed by atoms with Gasteiger partial charge >= 0.3 is 6.03 Å². The molecule has 0 aliphatic carbocycles. The molecule has 5 nitrogen and oxygen atoms in total. The monoisotopic (exact) mass is 457 g/mol. The van der Waals surface area contributed by atoms with E-state index in [1.807, 2.05) is 41.3 Å². The van der Waals surface area contributed by atoms with Crippen molar-refractivity contribution < 1.29 is 9.59 Å². The Balaban J connectivity index is 1.76. The van der Waals surface area contributed by atoms with Crippen molar-refractivity contribution in [1.82, 2.24) is 9.80 Å². The summed E-state index contributed by atoms with van der Waals surface area (Å²) in [6.07, 6.45) is 1.14. The molecule has 0 unspecified atom stereocenters. The third-order valence-electron chi connectivity index (χ3n) is 5.22. The van der Waals surface area contributed by atoms with E-state index in [1.54, 1.807) is 24.1 Å². The van der Waals surface area contributed by atoms with Crippen LogP contribution in [0.1, 0.15) is 36.2 Å². The molecule has 2 atom stereocenters. The molecule has 0 bridgehead atoms. The second-order valence-corrected chi connectivity index (χ2v) is 9.03. The van der Waals surface area contributed by atoms with Crippen LogP contribution in [0.2, 0.25) is 0 Å². The highest BCUT2D eigenvalue weighted by molar-refractivity contribution is 9.10. The fourth-order valence-electron chi connectivity index (χ4n) is 3.94. The van der Waals surface area contributed by atoms with E-state index in [-0.39, 0.29) is 11.9 Å². The van der Waals surface area contributed by atoms with Crippen LogP contribution in [0.4, 0.5) is 10.5 Å². The first-order valence-corrected chi connectivity index (χ1v) is 10.8. The predicted octanol–water partition coefficient (Wildman–Crippen LogP) is 5.23. The molecule has 1 aliphatic rings. The minimum Gasteiger partial charge on any atom is -0.338 e. The van der Waals surface area contributed by atoms with Crippen LogP contribution in [0.3, 0.4) is 0 Å². The van der Waals surface area contributed by atoms with Crippen molar-refractivity contribution in [3.05, 3.63) is 64.1 Å². The summed E-state index contributed by atoms with van der Waals surface area (Å²) < 4.78 is 0.814. The van der Waals surface area contributed by atoms with Gasteiger partial charge in [-0.2, -0.15) is 0 Å². The van der Waals surface area contributed by atoms with Gasteiger partial charge in [0.25, 0.3) is 5.91 Å². The van der Waals surface area contributed by atoms with Crippen LogP contribution in [-0.2, 0) is 6.54 Å². The van der Waals surface area contributed by atoms with E-state index in [0.29, 0.717) is 29.6 Å². The number of carbonyl (C=O) groups is 2. The Bertz CT molecular complexity index is 862. The maximum Gasteiger partial charge on any atom is 0.321 e. The molecule has 0 radical (unpaired) electrons. The minimum absolute atomic E-state index is 0.0364. The third-order valence-corrected chi connectivity index (χ3v) is 5.71. The van der Waals surface area contributed by atoms with Gasteiger partial charge in [0.2, 0.25) is 0 Å². The summed E-state index contributed by atoms with van der Waals surface area (Å²) >= 11 is 3.46. The Morgan fingerprint density at radius 2 is 1.76 bits per heavy atom. The van der Waals surface area contributed by atoms with Gasteiger partial charge in [0.1, 0.15) is 0 Å². The van der Waals surface area contributed by atoms with Crippen molar-refractivity contribution in [2.45, 2.75) is 26.8 Å². The van der Waals surface area contributed by atoms with Crippen LogP contribution < -0.4 is 5.32 Å². The fourth-order valence-corrected chi connectivity index (χ4v) is 4.30. The SMILES string of the molecule is C[C@@H]1C[C@H](C)CN(C(=O)c2cc(Br)ccc2NC(=O)N(C)Cc2ccccc2)C1. The Hall–Kier alpha value is -2.34. The lowest BCUT2D eigenvalue weighted by Crippen LogP contribution is -2.43. The number of carbonyl (C=O) groups excluding carboxylic acids is 2. The standard InChI is InChI=1S/C23H28BrN3O2/c1-16-11-17(2)14-27(13-16)22(28)20-12-19(24)9-10-21(20)25-23(29)26(3)15-18-7-5-4-6-8-18/h4-10,12,16-17H,11,13-15H2,1-3H3,(H,25,29)/t16-,17+. The van der Waals surface area contributed by atoms with Crippen LogP contribution in [-0.4, -0.2) is 41.9 Å². The zero-order valence-corrected chi connectivity index (χ0v) is 18.8. The number of nitrogens with one attached hydrogen (secondary N) is 1. The van der Waals surface area contributed by atoms with E-state index in [0.717, 1.165) is 29.5 Å². The number of amides is 3. The first kappa shape index (κ1) is 21.4. The van der Waals surface area contributed by atoms with Gasteiger partial charge in [0, 0.05) is 31.2 Å². The van der Waals surface area contributed by atoms with E-state index in [2.05, 4.69) is 35.1 Å². The molecule has 1 aliphatic heterocycles. The number of hydrogen-bond donors (Lipinski definition) is 1. The number of benzene rings is 2. The fraction of sp³-hybridized carbons (Fsp3) is 0.391. The average molecular weight is 458 g/mol. The number of piperidine rings is 1. The maximum atomic E-state index is 13.2. The van der Waals surface area contributed by atoms with Gasteiger partial charge in [-0.15, -0.1) is 0 Å². The van der Waals surface area contributed by atoms with Crippen molar-refractivity contribution in [2.75, 3.05) is 25.5 Å². The number of anilines is 1. The largest absolute Gasteiger partial charge is 0.338 e. The van der Waals surface area contributed by atoms with Crippen LogP contribution in [0, 0.1) is 11.8 Å². The smallest absolute Gasteiger partial charge is 0.321 e. The number of nitrogens with zero attached hydrogens (tertiary/aromatic N) is 2. The predicted molar refractivity (Wildman–Crippen MR) is 120 cm³/mol. The number of rotatable bonds is 4. The van der Waals surface area contributed by atoms with Gasteiger partial charge in [-0.05, 0) is 42.0 Å². The number of hydrogen-bond acceptors (Lipinski definition) is 2. The summed E-state index contributed by atoms with van der Waals surface area (Å²) in [6.45, 7) is 6.34. The summed E-state index contributed by atoms with van der Waals surface area (Å²) in [4.78, 5) is 29.5. The van der Waals surface area contributed by atoms with Crippen molar-refractivity contribution in [3.8, 4) is 0 Å². The first-order chi connectivity index (χ1) is 13.8. The zero-order chi connectivity index (χ0) is 21.0. The highest BCUT2D eigenvalue weighted by atomic mass is 79.9. The highest BCUT2D eigenvalue weighted by Crippen LogP contribution is 2.27. The van der Waals surface area contributed by atoms with E-state index in [9.17, 15) is 9.59 Å². The van der Waals surface area contributed by atoms with Gasteiger partial charge in [-0.25, -0.2) is 4.79 Å². The van der Waals surface area contributed by atoms with Crippen LogP contribution in [0.25, 0.3) is 0 Å². The maximum absolute atomic E-state index is 13.2. The first-order valence-electron chi connectivity index (χ1n) is 9.98. The molecular weight excluding hydrogens is 430 g/mol. The molecule has 2 aromatic rings. The minimum atomic E-state index is -0.245. The zero-order valence-electron chi connectivity index (χ0n) is 17.2. The third kappa shape index (κ3) is 5.60. The molecule has 0 saturated carbocycles. The molecule has 6 heteroatoms. The molecule has 1 heterocycles. The second-order valence-electron chi connectivity index (χ2n) is 8.12. The normalized spacial score (nSPS) is 19.0. The molecule has 3 rings (SSSR count). The van der Waals surface area contributed by atoms with E-state index in [1.165, 1.54) is 0 Å². The lowest BCUT2D eigenvalue weighted by atomic mass is 9.91. The van der Waals surface area contributed by atoms with E-state index in [4.69, 9.17) is 0 Å². The molecule has 154 valence electrons. The number of halogens is 1. The van der Waals surface area contributed by atoms with Crippen molar-refractivity contribution >= 4 is 33.6 Å². The van der Waals surface area contributed by atoms with Crippen LogP contribution in [0.5, 0.6) is 0 Å². The van der Waals surface area contributed by atoms with Crippen molar-refractivity contribution in [3.63, 3.8) is 0 Å². The Morgan fingerprint density at radius 1 is 1.10 bits per heavy atom. The topological polar surface area (TPSA) is 52.7 Å². The van der Waals surface area contributed by atoms with E-state index < -0.39 is 0 Å². The molecule has 1 saturated heterocycles. The summed E-state index contributed by atoms with van der Waals surface area (Å²) in [5.41, 5.74) is 2.10. The van der Waals surface area contributed by atoms with Crippen molar-refractivity contribution in [2.24, 2.45) is 11.8 Å². The molecule has 29 heavy (non-hydrogen) atoms. The Kier molecular flexibility index (Phi) is 6.96. The van der Waals surface area contributed by atoms with Crippen molar-refractivity contribution in [1.29, 1.82) is 0 Å². The lowest BCUT2D eigenvalue weighted by molar-refractivity contribution is 0.0624. The van der Waals surface area contributed by atoms with Gasteiger partial charge in [0.05, 0.1) is 11.3 Å². The lowest BCUT2D eigenvalue weighted by Gasteiger charge is -2.35. The molecule has 1 fully saturated rings. The second kappa shape index (κ2) is 9.44. The van der Waals surface area contributed by atoms with Gasteiger partial charge in [-0.1, -0.05) is 60.1 Å². The molecule has 2 aromatic carbocycles. The summed E-state index contributed by atoms with van der Waals surface area (Å²) in [7, 11) is 1.75. The Morgan fingerprint density at radius 3 is 2.41 bits per heavy atom. The van der Waals surface area contributed by atoms with Gasteiger partial charge in [-0.3, -0.25) is 4.79 Å². The molecule has 0 spiro atoms. The molecule has 3 amide bonds. The number of urea groups is 1. The van der Waals surface area contributed by atoms with Crippen LogP contribution in [0.15, 0.2) is 53.0 Å². The summed E-state index contributed by atoms with van der Waals surface area (Å²) in [5.74, 6) is 0.917.